The zero-order chi connectivity index (χ0) is 9.02. The van der Waals surface area contributed by atoms with Crippen molar-refractivity contribution < 1.29 is 14.7 Å². The second-order valence-corrected chi connectivity index (χ2v) is 2.20. The monoisotopic (exact) mass is 177 g/mol. The molecule has 0 bridgehead atoms. The zero-order valence-electron chi connectivity index (χ0n) is 5.73. The highest BCUT2D eigenvalue weighted by molar-refractivity contribution is 7.80. The van der Waals surface area contributed by atoms with E-state index in [0.717, 1.165) is 0 Å². The molecule has 0 aliphatic rings. The van der Waals surface area contributed by atoms with E-state index in [0.29, 0.717) is 4.90 Å². The van der Waals surface area contributed by atoms with Crippen LogP contribution in [0, 0.1) is 7.05 Å². The molecule has 0 aromatic carbocycles. The third-order valence-electron chi connectivity index (χ3n) is 1.01. The largest absolute Gasteiger partial charge is 0.465 e. The van der Waals surface area contributed by atoms with Gasteiger partial charge in [0.15, 0.2) is 0 Å². The number of hydrogen-bond donors (Lipinski definition) is 3. The van der Waals surface area contributed by atoms with Gasteiger partial charge in [-0.1, -0.05) is 0 Å². The summed E-state index contributed by atoms with van der Waals surface area (Å²) in [5.41, 5.74) is 5.18. The van der Waals surface area contributed by atoms with Crippen LogP contribution in [0.1, 0.15) is 0 Å². The van der Waals surface area contributed by atoms with E-state index >= 15 is 0 Å². The molecule has 3 N–H and O–H groups in total. The molecule has 11 heavy (non-hydrogen) atoms. The van der Waals surface area contributed by atoms with Crippen LogP contribution in [0.3, 0.4) is 0 Å². The van der Waals surface area contributed by atoms with Crippen molar-refractivity contribution >= 4 is 24.6 Å². The third-order valence-corrected chi connectivity index (χ3v) is 1.40. The standard InChI is InChI=1S/C5H9N2O3S/c1-7(5(9)10)4(8)3(6)2-11/h3,11H,1-2,6H2,(H,9,10)/t3-/m0/s1. The van der Waals surface area contributed by atoms with E-state index in [1.165, 1.54) is 0 Å². The minimum Gasteiger partial charge on any atom is -0.465 e. The number of carbonyl (C=O) groups excluding carboxylic acids is 1. The highest BCUT2D eigenvalue weighted by Crippen LogP contribution is 1.93. The Balaban J connectivity index is 4.13. The highest BCUT2D eigenvalue weighted by atomic mass is 32.1. The molecule has 0 heterocycles. The van der Waals surface area contributed by atoms with Crippen molar-refractivity contribution in [1.82, 2.24) is 4.90 Å². The lowest BCUT2D eigenvalue weighted by Crippen LogP contribution is -2.44. The van der Waals surface area contributed by atoms with Gasteiger partial charge >= 0.3 is 6.09 Å². The quantitative estimate of drug-likeness (QED) is 0.498. The van der Waals surface area contributed by atoms with Crippen LogP contribution in [0.25, 0.3) is 0 Å². The van der Waals surface area contributed by atoms with E-state index in [9.17, 15) is 9.59 Å². The summed E-state index contributed by atoms with van der Waals surface area (Å²) < 4.78 is 0. The molecule has 0 saturated heterocycles. The lowest BCUT2D eigenvalue weighted by molar-refractivity contribution is -0.127. The van der Waals surface area contributed by atoms with Gasteiger partial charge < -0.3 is 10.8 Å². The lowest BCUT2D eigenvalue weighted by atomic mass is 10.3. The van der Waals surface area contributed by atoms with Crippen LogP contribution in [0.4, 0.5) is 4.79 Å². The van der Waals surface area contributed by atoms with Crippen molar-refractivity contribution in [2.45, 2.75) is 6.04 Å². The molecule has 5 nitrogen and oxygen atoms in total. The summed E-state index contributed by atoms with van der Waals surface area (Å²) in [6, 6.07) is -0.910. The fourth-order valence-electron chi connectivity index (χ4n) is 0.373. The first-order valence-corrected chi connectivity index (χ1v) is 3.37. The van der Waals surface area contributed by atoms with Gasteiger partial charge in [0.05, 0.1) is 13.1 Å². The average molecular weight is 177 g/mol. The molecule has 0 aromatic rings. The summed E-state index contributed by atoms with van der Waals surface area (Å²) in [5.74, 6) is -0.662. The summed E-state index contributed by atoms with van der Waals surface area (Å²) >= 11 is 3.72. The summed E-state index contributed by atoms with van der Waals surface area (Å²) in [4.78, 5) is 21.2. The predicted molar refractivity (Wildman–Crippen MR) is 42.1 cm³/mol. The van der Waals surface area contributed by atoms with E-state index < -0.39 is 18.0 Å². The molecule has 1 radical (unpaired) electrons. The Labute approximate surface area is 69.6 Å². The molecule has 0 fully saturated rings. The van der Waals surface area contributed by atoms with Crippen molar-refractivity contribution in [2.75, 3.05) is 5.75 Å². The topological polar surface area (TPSA) is 83.6 Å². The van der Waals surface area contributed by atoms with Crippen molar-refractivity contribution in [3.8, 4) is 0 Å². The molecule has 0 aromatic heterocycles. The number of rotatable bonds is 2. The Kier molecular flexibility index (Phi) is 3.91. The summed E-state index contributed by atoms with van der Waals surface area (Å²) in [6.45, 7) is 0. The lowest BCUT2D eigenvalue weighted by Gasteiger charge is -2.14. The van der Waals surface area contributed by atoms with E-state index in [4.69, 9.17) is 10.8 Å². The van der Waals surface area contributed by atoms with Gasteiger partial charge in [-0.05, 0) is 0 Å². The van der Waals surface area contributed by atoms with Gasteiger partial charge in [-0.25, -0.2) is 9.69 Å². The first kappa shape index (κ1) is 10.2. The second-order valence-electron chi connectivity index (χ2n) is 1.84. The smallest absolute Gasteiger partial charge is 0.414 e. The Morgan fingerprint density at radius 1 is 1.73 bits per heavy atom. The van der Waals surface area contributed by atoms with Crippen molar-refractivity contribution in [3.05, 3.63) is 7.05 Å². The van der Waals surface area contributed by atoms with Crippen molar-refractivity contribution in [2.24, 2.45) is 5.73 Å². The molecule has 6 heteroatoms. The van der Waals surface area contributed by atoms with E-state index in [2.05, 4.69) is 19.7 Å². The van der Waals surface area contributed by atoms with Crippen LogP contribution in [-0.2, 0) is 4.79 Å². The van der Waals surface area contributed by atoms with E-state index in [1.807, 2.05) is 0 Å². The molecule has 0 aliphatic heterocycles. The minimum atomic E-state index is -1.42. The van der Waals surface area contributed by atoms with Crippen LogP contribution >= 0.6 is 12.6 Å². The molecule has 0 saturated carbocycles. The molecule has 0 unspecified atom stereocenters. The van der Waals surface area contributed by atoms with Crippen LogP contribution in [0.15, 0.2) is 0 Å². The zero-order valence-corrected chi connectivity index (χ0v) is 6.62. The molecule has 1 atom stereocenters. The Bertz CT molecular complexity index is 173. The van der Waals surface area contributed by atoms with Crippen molar-refractivity contribution in [1.29, 1.82) is 0 Å². The number of carbonyl (C=O) groups is 2. The van der Waals surface area contributed by atoms with Gasteiger partial charge in [0.25, 0.3) is 0 Å². The summed E-state index contributed by atoms with van der Waals surface area (Å²) in [6.07, 6.45) is -1.42. The number of thiol groups is 1. The van der Waals surface area contributed by atoms with Crippen LogP contribution in [-0.4, -0.2) is 33.8 Å². The maximum atomic E-state index is 10.8. The van der Waals surface area contributed by atoms with Gasteiger partial charge in [0.2, 0.25) is 5.91 Å². The summed E-state index contributed by atoms with van der Waals surface area (Å²) in [5, 5.41) is 8.26. The molecular formula is C5H9N2O3S. The van der Waals surface area contributed by atoms with Crippen LogP contribution in [0.2, 0.25) is 0 Å². The van der Waals surface area contributed by atoms with Crippen LogP contribution < -0.4 is 5.73 Å². The Morgan fingerprint density at radius 2 is 2.18 bits per heavy atom. The maximum Gasteiger partial charge on any atom is 0.414 e. The minimum absolute atomic E-state index is 0.0954. The van der Waals surface area contributed by atoms with Gasteiger partial charge in [-0.15, -0.1) is 0 Å². The predicted octanol–water partition coefficient (Wildman–Crippen LogP) is -0.458. The number of nitrogens with two attached hydrogens (primary N) is 1. The fourth-order valence-corrected chi connectivity index (χ4v) is 0.529. The molecular weight excluding hydrogens is 168 g/mol. The molecule has 2 amide bonds. The normalized spacial score (nSPS) is 12.3. The first-order valence-electron chi connectivity index (χ1n) is 2.74. The SMILES string of the molecule is [CH2]N(C(=O)O)C(=O)[C@@H](N)CS. The highest BCUT2D eigenvalue weighted by Gasteiger charge is 2.20. The molecule has 0 spiro atoms. The number of carboxylic acid groups (broad SMARTS) is 1. The first-order chi connectivity index (χ1) is 5.00. The molecule has 0 aliphatic carbocycles. The van der Waals surface area contributed by atoms with Crippen molar-refractivity contribution in [3.63, 3.8) is 0 Å². The Hall–Kier alpha value is -0.750. The number of nitrogens with zero attached hydrogens (tertiary/aromatic N) is 1. The van der Waals surface area contributed by atoms with Crippen LogP contribution in [0.5, 0.6) is 0 Å². The second kappa shape index (κ2) is 4.20. The van der Waals surface area contributed by atoms with Gasteiger partial charge in [0.1, 0.15) is 0 Å². The molecule has 0 rings (SSSR count). The summed E-state index contributed by atoms with van der Waals surface area (Å²) in [7, 11) is 2.98. The fraction of sp³-hybridized carbons (Fsp3) is 0.400. The third kappa shape index (κ3) is 2.77. The van der Waals surface area contributed by atoms with E-state index in [-0.39, 0.29) is 5.75 Å². The number of amides is 2. The number of hydrogen-bond acceptors (Lipinski definition) is 4. The molecule has 63 valence electrons. The maximum absolute atomic E-state index is 10.8. The van der Waals surface area contributed by atoms with Gasteiger partial charge in [-0.3, -0.25) is 4.79 Å². The average Bonchev–Trinajstić information content (AvgIpc) is 2.00. The van der Waals surface area contributed by atoms with E-state index in [1.54, 1.807) is 0 Å². The van der Waals surface area contributed by atoms with Gasteiger partial charge in [0, 0.05) is 5.75 Å². The van der Waals surface area contributed by atoms with Gasteiger partial charge in [-0.2, -0.15) is 12.6 Å². The number of imide groups is 1. The Morgan fingerprint density at radius 3 is 2.45 bits per heavy atom.